The smallest absolute Gasteiger partial charge is 0.228 e. The minimum absolute atomic E-state index is 0.222. The second-order valence-electron chi connectivity index (χ2n) is 5.28. The molecule has 0 bridgehead atoms. The zero-order chi connectivity index (χ0) is 14.7. The lowest BCUT2D eigenvalue weighted by molar-refractivity contribution is 0.157. The standard InChI is InChI=1S/C15H18ClN3O2/c16-12-5-3-11(4-6-12)15-17-14(21-18-15)7-9-19-8-1-2-13(19)10-20/h3-6,13,20H,1-2,7-10H2/t13-/m0/s1. The molecule has 1 N–H and O–H groups in total. The van der Waals surface area contributed by atoms with E-state index >= 15 is 0 Å². The Hall–Kier alpha value is -1.43. The van der Waals surface area contributed by atoms with Gasteiger partial charge in [-0.3, -0.25) is 4.90 Å². The van der Waals surface area contributed by atoms with Crippen molar-refractivity contribution in [3.63, 3.8) is 0 Å². The van der Waals surface area contributed by atoms with Gasteiger partial charge in [-0.25, -0.2) is 0 Å². The molecule has 1 fully saturated rings. The molecule has 1 saturated heterocycles. The van der Waals surface area contributed by atoms with Crippen LogP contribution in [0.5, 0.6) is 0 Å². The first-order valence-electron chi connectivity index (χ1n) is 7.19. The van der Waals surface area contributed by atoms with Gasteiger partial charge in [0.15, 0.2) is 0 Å². The Kier molecular flexibility index (Phi) is 4.53. The molecule has 1 aliphatic rings. The van der Waals surface area contributed by atoms with Gasteiger partial charge in [-0.1, -0.05) is 16.8 Å². The summed E-state index contributed by atoms with van der Waals surface area (Å²) in [7, 11) is 0. The van der Waals surface area contributed by atoms with Crippen LogP contribution in [0.15, 0.2) is 28.8 Å². The molecule has 2 heterocycles. The molecule has 21 heavy (non-hydrogen) atoms. The second kappa shape index (κ2) is 6.56. The van der Waals surface area contributed by atoms with Gasteiger partial charge >= 0.3 is 0 Å². The lowest BCUT2D eigenvalue weighted by Gasteiger charge is -2.21. The number of aliphatic hydroxyl groups excluding tert-OH is 1. The number of hydrogen-bond acceptors (Lipinski definition) is 5. The molecule has 0 radical (unpaired) electrons. The molecule has 0 unspecified atom stereocenters. The second-order valence-corrected chi connectivity index (χ2v) is 5.72. The van der Waals surface area contributed by atoms with Gasteiger partial charge in [0.2, 0.25) is 11.7 Å². The van der Waals surface area contributed by atoms with Crippen molar-refractivity contribution in [3.05, 3.63) is 35.2 Å². The van der Waals surface area contributed by atoms with E-state index < -0.39 is 0 Å². The fourth-order valence-electron chi connectivity index (χ4n) is 2.71. The third kappa shape index (κ3) is 3.43. The van der Waals surface area contributed by atoms with Crippen molar-refractivity contribution in [2.75, 3.05) is 19.7 Å². The van der Waals surface area contributed by atoms with Crippen molar-refractivity contribution in [2.45, 2.75) is 25.3 Å². The molecule has 2 aromatic rings. The molecule has 0 aliphatic carbocycles. The van der Waals surface area contributed by atoms with E-state index in [1.165, 1.54) is 0 Å². The lowest BCUT2D eigenvalue weighted by Crippen LogP contribution is -2.33. The molecule has 1 aromatic heterocycles. The fraction of sp³-hybridized carbons (Fsp3) is 0.467. The van der Waals surface area contributed by atoms with Crippen LogP contribution in [0.25, 0.3) is 11.4 Å². The number of aromatic nitrogens is 2. The Morgan fingerprint density at radius 3 is 2.90 bits per heavy atom. The average molecular weight is 308 g/mol. The number of hydrogen-bond donors (Lipinski definition) is 1. The van der Waals surface area contributed by atoms with Crippen LogP contribution >= 0.6 is 11.6 Å². The van der Waals surface area contributed by atoms with Gasteiger partial charge in [0, 0.05) is 29.6 Å². The quantitative estimate of drug-likeness (QED) is 0.919. The largest absolute Gasteiger partial charge is 0.395 e. The highest BCUT2D eigenvalue weighted by atomic mass is 35.5. The van der Waals surface area contributed by atoms with Crippen molar-refractivity contribution in [3.8, 4) is 11.4 Å². The summed E-state index contributed by atoms with van der Waals surface area (Å²) in [6.45, 7) is 2.09. The lowest BCUT2D eigenvalue weighted by atomic mass is 10.2. The van der Waals surface area contributed by atoms with Crippen molar-refractivity contribution >= 4 is 11.6 Å². The summed E-state index contributed by atoms with van der Waals surface area (Å²) < 4.78 is 5.29. The van der Waals surface area contributed by atoms with Crippen LogP contribution in [0.4, 0.5) is 0 Å². The van der Waals surface area contributed by atoms with E-state index in [2.05, 4.69) is 15.0 Å². The highest BCUT2D eigenvalue weighted by molar-refractivity contribution is 6.30. The molecule has 5 nitrogen and oxygen atoms in total. The highest BCUT2D eigenvalue weighted by Crippen LogP contribution is 2.20. The van der Waals surface area contributed by atoms with E-state index in [0.717, 1.165) is 31.5 Å². The minimum Gasteiger partial charge on any atom is -0.395 e. The first kappa shape index (κ1) is 14.5. The maximum Gasteiger partial charge on any atom is 0.228 e. The summed E-state index contributed by atoms with van der Waals surface area (Å²) in [5.41, 5.74) is 0.892. The fourth-order valence-corrected chi connectivity index (χ4v) is 2.83. The maximum atomic E-state index is 9.30. The summed E-state index contributed by atoms with van der Waals surface area (Å²) in [6, 6.07) is 7.65. The zero-order valence-corrected chi connectivity index (χ0v) is 12.5. The van der Waals surface area contributed by atoms with Gasteiger partial charge in [0.1, 0.15) is 0 Å². The number of benzene rings is 1. The van der Waals surface area contributed by atoms with Gasteiger partial charge < -0.3 is 9.63 Å². The van der Waals surface area contributed by atoms with Gasteiger partial charge in [-0.2, -0.15) is 4.98 Å². The Morgan fingerprint density at radius 2 is 2.14 bits per heavy atom. The van der Waals surface area contributed by atoms with E-state index in [0.29, 0.717) is 23.2 Å². The van der Waals surface area contributed by atoms with E-state index in [4.69, 9.17) is 16.1 Å². The zero-order valence-electron chi connectivity index (χ0n) is 11.7. The van der Waals surface area contributed by atoms with E-state index in [1.807, 2.05) is 24.3 Å². The third-order valence-corrected chi connectivity index (χ3v) is 4.15. The predicted octanol–water partition coefficient (Wildman–Crippen LogP) is 2.39. The van der Waals surface area contributed by atoms with Crippen LogP contribution in [0, 0.1) is 0 Å². The normalized spacial score (nSPS) is 19.2. The van der Waals surface area contributed by atoms with E-state index in [9.17, 15) is 5.11 Å². The van der Waals surface area contributed by atoms with Crippen LogP contribution in [0.1, 0.15) is 18.7 Å². The monoisotopic (exact) mass is 307 g/mol. The maximum absolute atomic E-state index is 9.30. The summed E-state index contributed by atoms with van der Waals surface area (Å²) in [6.07, 6.45) is 2.92. The minimum atomic E-state index is 0.222. The number of likely N-dealkylation sites (tertiary alicyclic amines) is 1. The molecule has 1 aromatic carbocycles. The topological polar surface area (TPSA) is 62.4 Å². The first-order chi connectivity index (χ1) is 10.3. The molecule has 1 aliphatic heterocycles. The van der Waals surface area contributed by atoms with Crippen LogP contribution in [-0.4, -0.2) is 45.9 Å². The molecule has 1 atom stereocenters. The Labute approximate surface area is 128 Å². The predicted molar refractivity (Wildman–Crippen MR) is 80.1 cm³/mol. The van der Waals surface area contributed by atoms with Crippen LogP contribution < -0.4 is 0 Å². The van der Waals surface area contributed by atoms with Gasteiger partial charge in [-0.05, 0) is 43.7 Å². The average Bonchev–Trinajstić information content (AvgIpc) is 3.14. The summed E-state index contributed by atoms with van der Waals surface area (Å²) in [5, 5.41) is 14.0. The number of aliphatic hydroxyl groups is 1. The van der Waals surface area contributed by atoms with Gasteiger partial charge in [0.25, 0.3) is 0 Å². The molecule has 0 amide bonds. The van der Waals surface area contributed by atoms with Gasteiger partial charge in [-0.15, -0.1) is 0 Å². The Morgan fingerprint density at radius 1 is 1.33 bits per heavy atom. The Bertz CT molecular complexity index is 585. The highest BCUT2D eigenvalue weighted by Gasteiger charge is 2.23. The number of rotatable bonds is 5. The SMILES string of the molecule is OC[C@@H]1CCCN1CCc1nc(-c2ccc(Cl)cc2)no1. The molecular formula is C15H18ClN3O2. The van der Waals surface area contributed by atoms with Crippen molar-refractivity contribution in [1.82, 2.24) is 15.0 Å². The summed E-state index contributed by atoms with van der Waals surface area (Å²) in [4.78, 5) is 6.70. The van der Waals surface area contributed by atoms with Crippen molar-refractivity contribution in [2.24, 2.45) is 0 Å². The number of halogens is 1. The van der Waals surface area contributed by atoms with Crippen molar-refractivity contribution < 1.29 is 9.63 Å². The van der Waals surface area contributed by atoms with Crippen LogP contribution in [-0.2, 0) is 6.42 Å². The first-order valence-corrected chi connectivity index (χ1v) is 7.57. The molecule has 6 heteroatoms. The molecule has 0 spiro atoms. The molecular weight excluding hydrogens is 290 g/mol. The van der Waals surface area contributed by atoms with Crippen molar-refractivity contribution in [1.29, 1.82) is 0 Å². The molecule has 112 valence electrons. The third-order valence-electron chi connectivity index (χ3n) is 3.89. The molecule has 0 saturated carbocycles. The van der Waals surface area contributed by atoms with E-state index in [-0.39, 0.29) is 12.6 Å². The van der Waals surface area contributed by atoms with Crippen LogP contribution in [0.2, 0.25) is 5.02 Å². The van der Waals surface area contributed by atoms with E-state index in [1.54, 1.807) is 0 Å². The molecule has 3 rings (SSSR count). The Balaban J connectivity index is 1.61. The van der Waals surface area contributed by atoms with Gasteiger partial charge in [0.05, 0.1) is 6.61 Å². The number of nitrogens with zero attached hydrogens (tertiary/aromatic N) is 3. The van der Waals surface area contributed by atoms with Crippen LogP contribution in [0.3, 0.4) is 0 Å². The summed E-state index contributed by atoms with van der Waals surface area (Å²) >= 11 is 5.86. The summed E-state index contributed by atoms with van der Waals surface area (Å²) in [5.74, 6) is 1.21.